The van der Waals surface area contributed by atoms with Crippen LogP contribution in [0.4, 0.5) is 51.2 Å². The van der Waals surface area contributed by atoms with Crippen LogP contribution in [0.15, 0.2) is 517 Å². The van der Waals surface area contributed by atoms with Crippen LogP contribution in [0.2, 0.25) is 0 Å². The molecular weight excluding hydrogens is 1850 g/mol. The van der Waals surface area contributed by atoms with E-state index in [4.69, 9.17) is 43.2 Å². The van der Waals surface area contributed by atoms with Gasteiger partial charge >= 0.3 is 0 Å². The highest BCUT2D eigenvalue weighted by Crippen LogP contribution is 2.52. The second-order valence-corrected chi connectivity index (χ2v) is 39.1. The Morgan fingerprint density at radius 1 is 0.182 bits per heavy atom. The molecule has 0 unspecified atom stereocenters. The van der Waals surface area contributed by atoms with Crippen molar-refractivity contribution in [2.24, 2.45) is 0 Å². The summed E-state index contributed by atoms with van der Waals surface area (Å²) in [4.78, 5) is 38.7. The molecule has 0 fully saturated rings. The van der Waals surface area contributed by atoms with Crippen molar-refractivity contribution in [3.63, 3.8) is 0 Å². The molecule has 0 aliphatic heterocycles. The number of rotatable bonds is 15. The topological polar surface area (TPSA) is 126 Å². The summed E-state index contributed by atoms with van der Waals surface area (Å²) in [6.45, 7) is 0. The van der Waals surface area contributed by atoms with Gasteiger partial charge in [-0.1, -0.05) is 334 Å². The van der Waals surface area contributed by atoms with E-state index in [1.807, 2.05) is 60.7 Å². The first-order chi connectivity index (χ1) is 73.4. The maximum Gasteiger partial charge on any atom is 0.161 e. The molecule has 12 nitrogen and oxygen atoms in total. The standard InChI is InChI=1S/C48H29N3OS.C44H27N3OS.C42H27N3O/c1-3-16-34(17-4-1)51(35-18-5-2-6-19-35)36-25-26-38-41(29-36)52-46-37-20-10-9-15-32(37)28-40(43(38)46)48-49-44(33-24-23-30-13-7-8-14-31(30)27-33)47-45(50-48)39-21-11-12-22-42(39)53-47;1-4-14-28(15-5-1)40-43-41(35-22-12-13-23-38(35)49-43)46-44(45-40)36-26-29-16-10-11-21-33(29)42-39(36)34-25-24-32(27-37(34)48-42)47(30-17-6-2-7-18-30)31-19-8-3-9-20-31;1-4-14-28(15-5-1)40-34-22-12-13-23-37(34)43-42(44-40)36-26-29-16-10-11-21-33(29)41-39(36)35-25-24-32(27-38(35)46-41)45(30-17-6-2-7-18-30)31-19-8-3-9-20-31/h1-29H;1-27H;1-27H. The van der Waals surface area contributed by atoms with E-state index in [-0.39, 0.29) is 0 Å². The lowest BCUT2D eigenvalue weighted by Gasteiger charge is -2.25. The van der Waals surface area contributed by atoms with Crippen molar-refractivity contribution in [3.8, 4) is 67.9 Å². The van der Waals surface area contributed by atoms with Gasteiger partial charge < -0.3 is 28.0 Å². The molecule has 0 bridgehead atoms. The van der Waals surface area contributed by atoms with Crippen LogP contribution in [0, 0.1) is 0 Å². The maximum absolute atomic E-state index is 6.92. The molecule has 14 heteroatoms. The summed E-state index contributed by atoms with van der Waals surface area (Å²) in [6, 6.07) is 175. The van der Waals surface area contributed by atoms with E-state index in [9.17, 15) is 0 Å². The molecule has 0 aliphatic rings. The number of furan rings is 3. The monoisotopic (exact) mass is 1930 g/mol. The third kappa shape index (κ3) is 15.3. The molecule has 0 spiro atoms. The van der Waals surface area contributed by atoms with Crippen LogP contribution < -0.4 is 14.7 Å². The molecule has 30 rings (SSSR count). The predicted molar refractivity (Wildman–Crippen MR) is 618 cm³/mol. The van der Waals surface area contributed by atoms with Crippen molar-refractivity contribution in [3.05, 3.63) is 504 Å². The van der Waals surface area contributed by atoms with E-state index in [2.05, 4.69) is 458 Å². The highest BCUT2D eigenvalue weighted by molar-refractivity contribution is 7.26. The molecule has 0 atom stereocenters. The van der Waals surface area contributed by atoms with Gasteiger partial charge in [-0.05, 0) is 179 Å². The van der Waals surface area contributed by atoms with E-state index in [0.717, 1.165) is 242 Å². The summed E-state index contributed by atoms with van der Waals surface area (Å²) in [5.41, 5.74) is 26.2. The van der Waals surface area contributed by atoms with Crippen molar-refractivity contribution in [2.45, 2.75) is 0 Å². The molecule has 0 amide bonds. The minimum atomic E-state index is 0.676. The minimum Gasteiger partial charge on any atom is -0.455 e. The van der Waals surface area contributed by atoms with Gasteiger partial charge in [-0.2, -0.15) is 0 Å². The lowest BCUT2D eigenvalue weighted by Crippen LogP contribution is -2.09. The fourth-order valence-corrected chi connectivity index (χ4v) is 23.6. The first-order valence-corrected chi connectivity index (χ1v) is 51.1. The van der Waals surface area contributed by atoms with Crippen molar-refractivity contribution in [1.82, 2.24) is 29.9 Å². The average Bonchev–Trinajstić information content (AvgIpc) is 1.56. The Hall–Kier alpha value is -19.4. The van der Waals surface area contributed by atoms with Gasteiger partial charge in [0, 0.05) is 177 Å². The summed E-state index contributed by atoms with van der Waals surface area (Å²) in [6.07, 6.45) is 0. The summed E-state index contributed by atoms with van der Waals surface area (Å²) < 4.78 is 25.2. The van der Waals surface area contributed by atoms with Crippen molar-refractivity contribution in [1.29, 1.82) is 0 Å². The van der Waals surface area contributed by atoms with E-state index in [1.54, 1.807) is 22.7 Å². The van der Waals surface area contributed by atoms with E-state index < -0.39 is 0 Å². The van der Waals surface area contributed by atoms with Crippen LogP contribution in [0.5, 0.6) is 0 Å². The number of hydrogen-bond donors (Lipinski definition) is 0. The third-order valence-electron chi connectivity index (χ3n) is 28.1. The van der Waals surface area contributed by atoms with Gasteiger partial charge in [-0.25, -0.2) is 29.9 Å². The number of thiophene rings is 2. The molecule has 0 N–H and O–H groups in total. The SMILES string of the molecule is c1ccc(-c2nc(-c3cc4ccccc4c4oc5cc(N(c6ccccc6)c6ccccc6)ccc5c34)nc3c2sc2ccccc23)cc1.c1ccc(-c2nc(-c3cc4ccccc4c4oc5cc(N(c6ccccc6)c6ccccc6)ccc5c34)nc3ccccc23)cc1.c1ccc(N(c2ccccc2)c2ccc3c(c2)oc2c4ccccc4cc(-c4nc(-c5ccc6ccccc6c5)c5sc6ccccc6c5n4)c32)cc1. The minimum absolute atomic E-state index is 0.676. The van der Waals surface area contributed by atoms with E-state index in [1.165, 1.54) is 20.2 Å². The molecule has 22 aromatic carbocycles. The molecule has 0 aliphatic carbocycles. The van der Waals surface area contributed by atoms with Crippen LogP contribution in [0.1, 0.15) is 0 Å². The van der Waals surface area contributed by atoms with Crippen molar-refractivity contribution < 1.29 is 13.3 Å². The normalized spacial score (nSPS) is 11.6. The number of hydrogen-bond acceptors (Lipinski definition) is 14. The number of para-hydroxylation sites is 7. The Morgan fingerprint density at radius 3 is 0.851 bits per heavy atom. The molecular formula is C134H83N9O3S2. The van der Waals surface area contributed by atoms with Gasteiger partial charge in [0.05, 0.1) is 43.0 Å². The molecule has 0 radical (unpaired) electrons. The Balaban J connectivity index is 0.000000107. The Bertz CT molecular complexity index is 10300. The van der Waals surface area contributed by atoms with E-state index in [0.29, 0.717) is 17.5 Å². The van der Waals surface area contributed by atoms with Crippen molar-refractivity contribution in [2.75, 3.05) is 14.7 Å². The maximum atomic E-state index is 6.92. The first-order valence-electron chi connectivity index (χ1n) is 49.5. The molecule has 0 saturated heterocycles. The lowest BCUT2D eigenvalue weighted by atomic mass is 9.98. The van der Waals surface area contributed by atoms with Crippen LogP contribution in [0.3, 0.4) is 0 Å². The van der Waals surface area contributed by atoms with Crippen LogP contribution in [-0.4, -0.2) is 29.9 Å². The van der Waals surface area contributed by atoms with Crippen LogP contribution >= 0.6 is 22.7 Å². The van der Waals surface area contributed by atoms with Gasteiger partial charge in [0.15, 0.2) is 17.5 Å². The third-order valence-corrected chi connectivity index (χ3v) is 30.4. The predicted octanol–water partition coefficient (Wildman–Crippen LogP) is 38.0. The molecule has 30 aromatic rings. The number of anilines is 9. The highest BCUT2D eigenvalue weighted by atomic mass is 32.1. The van der Waals surface area contributed by atoms with Gasteiger partial charge in [0.2, 0.25) is 0 Å². The number of fused-ring (bicyclic) bond motifs is 23. The molecule has 148 heavy (non-hydrogen) atoms. The van der Waals surface area contributed by atoms with E-state index >= 15 is 0 Å². The zero-order valence-corrected chi connectivity index (χ0v) is 81.1. The van der Waals surface area contributed by atoms with Gasteiger partial charge in [0.25, 0.3) is 0 Å². The van der Waals surface area contributed by atoms with Crippen molar-refractivity contribution >= 4 is 234 Å². The fraction of sp³-hybridized carbons (Fsp3) is 0. The van der Waals surface area contributed by atoms with Gasteiger partial charge in [-0.3, -0.25) is 0 Å². The summed E-state index contributed by atoms with van der Waals surface area (Å²) in [7, 11) is 0. The van der Waals surface area contributed by atoms with Crippen LogP contribution in [-0.2, 0) is 0 Å². The van der Waals surface area contributed by atoms with Gasteiger partial charge in [-0.15, -0.1) is 22.7 Å². The second kappa shape index (κ2) is 36.5. The Labute approximate surface area is 857 Å². The Kier molecular flexibility index (Phi) is 21.4. The smallest absolute Gasteiger partial charge is 0.161 e. The fourth-order valence-electron chi connectivity index (χ4n) is 21.3. The summed E-state index contributed by atoms with van der Waals surface area (Å²) in [5, 5.41) is 18.2. The number of aromatic nitrogens is 6. The molecule has 8 aromatic heterocycles. The highest BCUT2D eigenvalue weighted by Gasteiger charge is 2.29. The zero-order valence-electron chi connectivity index (χ0n) is 79.5. The largest absolute Gasteiger partial charge is 0.455 e. The summed E-state index contributed by atoms with van der Waals surface area (Å²) in [5.74, 6) is 2.05. The Morgan fingerprint density at radius 2 is 0.473 bits per heavy atom. The first kappa shape index (κ1) is 86.5. The second-order valence-electron chi connectivity index (χ2n) is 37.0. The summed E-state index contributed by atoms with van der Waals surface area (Å²) >= 11 is 3.51. The van der Waals surface area contributed by atoms with Crippen LogP contribution in [0.25, 0.3) is 228 Å². The number of nitrogens with zero attached hydrogens (tertiary/aromatic N) is 9. The lowest BCUT2D eigenvalue weighted by molar-refractivity contribution is 0.672. The molecule has 8 heterocycles. The zero-order chi connectivity index (χ0) is 97.6. The molecule has 694 valence electrons. The average molecular weight is 1930 g/mol. The molecule has 0 saturated carbocycles. The quantitative estimate of drug-likeness (QED) is 0.0970. The number of benzene rings is 22. The van der Waals surface area contributed by atoms with Gasteiger partial charge in [0.1, 0.15) is 33.5 Å².